The van der Waals surface area contributed by atoms with Crippen molar-refractivity contribution in [2.75, 3.05) is 6.54 Å². The minimum Gasteiger partial charge on any atom is -0.444 e. The molecule has 0 bridgehead atoms. The number of hydrogen-bond donors (Lipinski definition) is 0. The number of hydrogen-bond acceptors (Lipinski definition) is 2. The van der Waals surface area contributed by atoms with E-state index in [1.165, 1.54) is 6.07 Å². The molecule has 4 heteroatoms. The molecule has 2 aromatic rings. The molecule has 0 saturated carbocycles. The summed E-state index contributed by atoms with van der Waals surface area (Å²) in [5.41, 5.74) is 4.24. The van der Waals surface area contributed by atoms with Gasteiger partial charge in [-0.1, -0.05) is 30.3 Å². The van der Waals surface area contributed by atoms with E-state index in [9.17, 15) is 9.18 Å². The first-order valence-electron chi connectivity index (χ1n) is 8.60. The molecule has 132 valence electrons. The minimum atomic E-state index is -0.544. The van der Waals surface area contributed by atoms with Gasteiger partial charge in [0.25, 0.3) is 0 Å². The van der Waals surface area contributed by atoms with E-state index in [-0.39, 0.29) is 11.9 Å². The van der Waals surface area contributed by atoms with Gasteiger partial charge in [-0.15, -0.1) is 0 Å². The maximum Gasteiger partial charge on any atom is 0.410 e. The van der Waals surface area contributed by atoms with Crippen LogP contribution in [-0.4, -0.2) is 23.1 Å². The predicted molar refractivity (Wildman–Crippen MR) is 96.9 cm³/mol. The molecule has 0 fully saturated rings. The quantitative estimate of drug-likeness (QED) is 0.723. The van der Waals surface area contributed by atoms with Crippen LogP contribution in [0.4, 0.5) is 9.18 Å². The molecular weight excluding hydrogens is 317 g/mol. The normalized spacial score (nSPS) is 14.2. The molecule has 0 aromatic heterocycles. The number of benzene rings is 2. The lowest BCUT2D eigenvalue weighted by molar-refractivity contribution is 0.0223. The smallest absolute Gasteiger partial charge is 0.410 e. The van der Waals surface area contributed by atoms with E-state index in [4.69, 9.17) is 4.74 Å². The summed E-state index contributed by atoms with van der Waals surface area (Å²) in [7, 11) is 0. The molecule has 0 radical (unpaired) electrons. The molecule has 0 unspecified atom stereocenters. The number of carbonyl (C=O) groups excluding carboxylic acids is 1. The number of ether oxygens (including phenoxy) is 1. The van der Waals surface area contributed by atoms with Gasteiger partial charge in [-0.3, -0.25) is 0 Å². The third-order valence-corrected chi connectivity index (χ3v) is 4.44. The SMILES string of the molecule is Cc1ccccc1-c1ccc(F)c2c1CN(C(=O)OC(C)(C)C)CC2. The van der Waals surface area contributed by atoms with Crippen LogP contribution in [0.1, 0.15) is 37.5 Å². The summed E-state index contributed by atoms with van der Waals surface area (Å²) in [5.74, 6) is -0.198. The monoisotopic (exact) mass is 341 g/mol. The molecule has 3 rings (SSSR count). The van der Waals surface area contributed by atoms with Crippen molar-refractivity contribution in [3.05, 3.63) is 58.9 Å². The van der Waals surface area contributed by atoms with Crippen molar-refractivity contribution in [3.63, 3.8) is 0 Å². The van der Waals surface area contributed by atoms with Gasteiger partial charge < -0.3 is 9.64 Å². The molecule has 0 aliphatic carbocycles. The highest BCUT2D eigenvalue weighted by Gasteiger charge is 2.28. The van der Waals surface area contributed by atoms with Gasteiger partial charge in [-0.05, 0) is 68.0 Å². The molecule has 25 heavy (non-hydrogen) atoms. The van der Waals surface area contributed by atoms with E-state index in [0.717, 1.165) is 22.3 Å². The molecule has 1 amide bonds. The highest BCUT2D eigenvalue weighted by Crippen LogP contribution is 2.34. The van der Waals surface area contributed by atoms with Gasteiger partial charge in [0, 0.05) is 13.1 Å². The molecule has 2 aromatic carbocycles. The zero-order valence-corrected chi connectivity index (χ0v) is 15.2. The number of aryl methyl sites for hydroxylation is 1. The van der Waals surface area contributed by atoms with Gasteiger partial charge in [0.2, 0.25) is 0 Å². The Bertz CT molecular complexity index is 808. The highest BCUT2D eigenvalue weighted by molar-refractivity contribution is 5.74. The van der Waals surface area contributed by atoms with Crippen LogP contribution in [-0.2, 0) is 17.7 Å². The number of halogens is 1. The molecule has 0 N–H and O–H groups in total. The summed E-state index contributed by atoms with van der Waals surface area (Å²) < 4.78 is 19.8. The molecule has 0 atom stereocenters. The van der Waals surface area contributed by atoms with E-state index in [0.29, 0.717) is 25.1 Å². The maximum absolute atomic E-state index is 14.3. The van der Waals surface area contributed by atoms with Crippen LogP contribution < -0.4 is 0 Å². The molecule has 3 nitrogen and oxygen atoms in total. The van der Waals surface area contributed by atoms with Gasteiger partial charge in [0.1, 0.15) is 11.4 Å². The topological polar surface area (TPSA) is 29.5 Å². The van der Waals surface area contributed by atoms with Crippen molar-refractivity contribution >= 4 is 6.09 Å². The van der Waals surface area contributed by atoms with Gasteiger partial charge in [-0.2, -0.15) is 0 Å². The summed E-state index contributed by atoms with van der Waals surface area (Å²) >= 11 is 0. The third kappa shape index (κ3) is 3.68. The number of nitrogens with zero attached hydrogens (tertiary/aromatic N) is 1. The maximum atomic E-state index is 14.3. The van der Waals surface area contributed by atoms with E-state index in [2.05, 4.69) is 0 Å². The van der Waals surface area contributed by atoms with Gasteiger partial charge >= 0.3 is 6.09 Å². The zero-order valence-electron chi connectivity index (χ0n) is 15.2. The van der Waals surface area contributed by atoms with Crippen molar-refractivity contribution in [2.24, 2.45) is 0 Å². The average molecular weight is 341 g/mol. The summed E-state index contributed by atoms with van der Waals surface area (Å²) in [4.78, 5) is 14.1. The summed E-state index contributed by atoms with van der Waals surface area (Å²) in [6.07, 6.45) is 0.151. The number of fused-ring (bicyclic) bond motifs is 1. The second-order valence-corrected chi connectivity index (χ2v) is 7.52. The Kier molecular flexibility index (Phi) is 4.55. The van der Waals surface area contributed by atoms with Crippen LogP contribution >= 0.6 is 0 Å². The van der Waals surface area contributed by atoms with Crippen molar-refractivity contribution in [1.82, 2.24) is 4.90 Å². The Hall–Kier alpha value is -2.36. The second-order valence-electron chi connectivity index (χ2n) is 7.52. The standard InChI is InChI=1S/C21H24FNO2/c1-14-7-5-6-8-15(14)16-9-10-19(22)17-11-12-23(13-18(16)17)20(24)25-21(2,3)4/h5-10H,11-13H2,1-4H3. The third-order valence-electron chi connectivity index (χ3n) is 4.44. The molecule has 1 aliphatic heterocycles. The predicted octanol–water partition coefficient (Wildman–Crippen LogP) is 5.09. The van der Waals surface area contributed by atoms with Crippen LogP contribution in [0.3, 0.4) is 0 Å². The van der Waals surface area contributed by atoms with E-state index < -0.39 is 5.60 Å². The minimum absolute atomic E-state index is 0.198. The van der Waals surface area contributed by atoms with Crippen molar-refractivity contribution < 1.29 is 13.9 Å². The fourth-order valence-corrected chi connectivity index (χ4v) is 3.24. The van der Waals surface area contributed by atoms with Gasteiger partial charge in [0.15, 0.2) is 0 Å². The first-order chi connectivity index (χ1) is 11.8. The Labute approximate surface area is 148 Å². The summed E-state index contributed by atoms with van der Waals surface area (Å²) in [6.45, 7) is 8.42. The Morgan fingerprint density at radius 3 is 2.48 bits per heavy atom. The first kappa shape index (κ1) is 17.5. The Balaban J connectivity index is 1.99. The fourth-order valence-electron chi connectivity index (χ4n) is 3.24. The average Bonchev–Trinajstić information content (AvgIpc) is 2.54. The molecule has 1 aliphatic rings. The van der Waals surface area contributed by atoms with Crippen LogP contribution in [0.25, 0.3) is 11.1 Å². The molecule has 0 spiro atoms. The fraction of sp³-hybridized carbons (Fsp3) is 0.381. The first-order valence-corrected chi connectivity index (χ1v) is 8.60. The van der Waals surface area contributed by atoms with Crippen LogP contribution in [0.5, 0.6) is 0 Å². The van der Waals surface area contributed by atoms with Crippen LogP contribution in [0.15, 0.2) is 36.4 Å². The van der Waals surface area contributed by atoms with E-state index in [1.807, 2.05) is 58.0 Å². The Morgan fingerprint density at radius 2 is 1.80 bits per heavy atom. The number of carbonyl (C=O) groups is 1. The number of amides is 1. The van der Waals surface area contributed by atoms with E-state index >= 15 is 0 Å². The lowest BCUT2D eigenvalue weighted by Crippen LogP contribution is -2.40. The highest BCUT2D eigenvalue weighted by atomic mass is 19.1. The second kappa shape index (κ2) is 6.51. The van der Waals surface area contributed by atoms with Crippen molar-refractivity contribution in [3.8, 4) is 11.1 Å². The summed E-state index contributed by atoms with van der Waals surface area (Å²) in [6, 6.07) is 11.4. The van der Waals surface area contributed by atoms with Crippen molar-refractivity contribution in [2.45, 2.75) is 46.3 Å². The Morgan fingerprint density at radius 1 is 1.08 bits per heavy atom. The largest absolute Gasteiger partial charge is 0.444 e. The zero-order chi connectivity index (χ0) is 18.2. The number of rotatable bonds is 1. The molecule has 0 saturated heterocycles. The van der Waals surface area contributed by atoms with E-state index in [1.54, 1.807) is 4.90 Å². The lowest BCUT2D eigenvalue weighted by atomic mass is 9.89. The van der Waals surface area contributed by atoms with Crippen LogP contribution in [0, 0.1) is 12.7 Å². The van der Waals surface area contributed by atoms with Gasteiger partial charge in [-0.25, -0.2) is 9.18 Å². The van der Waals surface area contributed by atoms with Crippen molar-refractivity contribution in [1.29, 1.82) is 0 Å². The van der Waals surface area contributed by atoms with Crippen LogP contribution in [0.2, 0.25) is 0 Å². The molecular formula is C21H24FNO2. The van der Waals surface area contributed by atoms with Gasteiger partial charge in [0.05, 0.1) is 0 Å². The lowest BCUT2D eigenvalue weighted by Gasteiger charge is -2.32. The summed E-state index contributed by atoms with van der Waals surface area (Å²) in [5, 5.41) is 0. The molecule has 1 heterocycles.